The zero-order chi connectivity index (χ0) is 15.6. The molecule has 3 N–H and O–H groups in total. The molecule has 1 aliphatic rings. The van der Waals surface area contributed by atoms with E-state index < -0.39 is 5.97 Å². The molecule has 0 aliphatic heterocycles. The first-order valence-electron chi connectivity index (χ1n) is 7.14. The van der Waals surface area contributed by atoms with Crippen LogP contribution in [0.5, 0.6) is 0 Å². The number of hydrogen-bond donors (Lipinski definition) is 3. The van der Waals surface area contributed by atoms with Gasteiger partial charge in [0.2, 0.25) is 0 Å². The van der Waals surface area contributed by atoms with Gasteiger partial charge in [-0.05, 0) is 37.7 Å². The van der Waals surface area contributed by atoms with Crippen molar-refractivity contribution < 1.29 is 19.1 Å². The highest BCUT2D eigenvalue weighted by Crippen LogP contribution is 2.36. The molecule has 1 aliphatic carbocycles. The van der Waals surface area contributed by atoms with Crippen LogP contribution in [-0.4, -0.2) is 23.1 Å². The Morgan fingerprint density at radius 3 is 2.71 bits per heavy atom. The molecule has 1 heterocycles. The Morgan fingerprint density at radius 2 is 2.19 bits per heavy atom. The minimum Gasteiger partial charge on any atom is -0.478 e. The van der Waals surface area contributed by atoms with E-state index in [4.69, 9.17) is 9.52 Å². The SMILES string of the molecule is Cc1oc(CNC(=O)NC2CCC(C)(C)C2)cc1C(=O)O. The molecular weight excluding hydrogens is 272 g/mol. The van der Waals surface area contributed by atoms with E-state index in [9.17, 15) is 9.59 Å². The summed E-state index contributed by atoms with van der Waals surface area (Å²) in [7, 11) is 0. The lowest BCUT2D eigenvalue weighted by molar-refractivity contribution is 0.0695. The van der Waals surface area contributed by atoms with E-state index in [1.807, 2.05) is 0 Å². The van der Waals surface area contributed by atoms with E-state index in [-0.39, 0.29) is 29.6 Å². The topological polar surface area (TPSA) is 91.6 Å². The molecule has 0 saturated heterocycles. The normalized spacial score (nSPS) is 20.2. The number of amides is 2. The number of carbonyl (C=O) groups excluding carboxylic acids is 1. The lowest BCUT2D eigenvalue weighted by atomic mass is 9.92. The highest BCUT2D eigenvalue weighted by atomic mass is 16.4. The van der Waals surface area contributed by atoms with Crippen LogP contribution >= 0.6 is 0 Å². The monoisotopic (exact) mass is 294 g/mol. The van der Waals surface area contributed by atoms with Gasteiger partial charge in [-0.3, -0.25) is 0 Å². The zero-order valence-electron chi connectivity index (χ0n) is 12.7. The van der Waals surface area contributed by atoms with Gasteiger partial charge in [-0.1, -0.05) is 13.8 Å². The van der Waals surface area contributed by atoms with Crippen molar-refractivity contribution in [1.82, 2.24) is 10.6 Å². The lowest BCUT2D eigenvalue weighted by Gasteiger charge is -2.17. The van der Waals surface area contributed by atoms with E-state index >= 15 is 0 Å². The van der Waals surface area contributed by atoms with Crippen LogP contribution in [-0.2, 0) is 6.54 Å². The molecule has 1 atom stereocenters. The van der Waals surface area contributed by atoms with Gasteiger partial charge in [0.15, 0.2) is 0 Å². The molecule has 6 heteroatoms. The molecule has 0 bridgehead atoms. The van der Waals surface area contributed by atoms with E-state index in [2.05, 4.69) is 24.5 Å². The van der Waals surface area contributed by atoms with Crippen molar-refractivity contribution in [3.63, 3.8) is 0 Å². The second-order valence-corrected chi connectivity index (χ2v) is 6.42. The van der Waals surface area contributed by atoms with Gasteiger partial charge in [-0.15, -0.1) is 0 Å². The quantitative estimate of drug-likeness (QED) is 0.796. The van der Waals surface area contributed by atoms with Gasteiger partial charge in [0, 0.05) is 6.04 Å². The molecule has 2 amide bonds. The fourth-order valence-electron chi connectivity index (χ4n) is 2.81. The molecule has 1 aromatic rings. The molecule has 2 rings (SSSR count). The molecule has 1 unspecified atom stereocenters. The number of rotatable bonds is 4. The van der Waals surface area contributed by atoms with Gasteiger partial charge in [-0.2, -0.15) is 0 Å². The molecule has 6 nitrogen and oxygen atoms in total. The number of aromatic carboxylic acids is 1. The molecular formula is C15H22N2O4. The van der Waals surface area contributed by atoms with Crippen LogP contribution in [0.4, 0.5) is 4.79 Å². The van der Waals surface area contributed by atoms with Crippen LogP contribution in [0, 0.1) is 12.3 Å². The van der Waals surface area contributed by atoms with Crippen LogP contribution in [0.3, 0.4) is 0 Å². The van der Waals surface area contributed by atoms with E-state index in [0.717, 1.165) is 19.3 Å². The second-order valence-electron chi connectivity index (χ2n) is 6.42. The van der Waals surface area contributed by atoms with Gasteiger partial charge in [0.25, 0.3) is 0 Å². The Labute approximate surface area is 123 Å². The first kappa shape index (κ1) is 15.4. The van der Waals surface area contributed by atoms with Crippen molar-refractivity contribution in [3.8, 4) is 0 Å². The van der Waals surface area contributed by atoms with Crippen molar-refractivity contribution >= 4 is 12.0 Å². The fourth-order valence-corrected chi connectivity index (χ4v) is 2.81. The third kappa shape index (κ3) is 4.00. The van der Waals surface area contributed by atoms with Gasteiger partial charge in [0.1, 0.15) is 17.1 Å². The molecule has 0 aromatic carbocycles. The molecule has 1 aromatic heterocycles. The number of carboxylic acid groups (broad SMARTS) is 1. The summed E-state index contributed by atoms with van der Waals surface area (Å²) in [5.41, 5.74) is 0.414. The number of furan rings is 1. The lowest BCUT2D eigenvalue weighted by Crippen LogP contribution is -2.40. The summed E-state index contributed by atoms with van der Waals surface area (Å²) in [6.45, 7) is 6.17. The van der Waals surface area contributed by atoms with Gasteiger partial charge in [-0.25, -0.2) is 9.59 Å². The van der Waals surface area contributed by atoms with Crippen molar-refractivity contribution in [2.24, 2.45) is 5.41 Å². The Bertz CT molecular complexity index is 548. The van der Waals surface area contributed by atoms with Crippen molar-refractivity contribution in [3.05, 3.63) is 23.2 Å². The standard InChI is InChI=1S/C15H22N2O4/c1-9-12(13(18)19)6-11(21-9)8-16-14(20)17-10-4-5-15(2,3)7-10/h6,10H,4-5,7-8H2,1-3H3,(H,18,19)(H2,16,17,20). The van der Waals surface area contributed by atoms with Crippen LogP contribution in [0.2, 0.25) is 0 Å². The highest BCUT2D eigenvalue weighted by Gasteiger charge is 2.31. The third-order valence-corrected chi connectivity index (χ3v) is 3.93. The summed E-state index contributed by atoms with van der Waals surface area (Å²) in [6, 6.07) is 1.40. The van der Waals surface area contributed by atoms with Crippen LogP contribution < -0.4 is 10.6 Å². The Kier molecular flexibility index (Phi) is 4.25. The molecule has 21 heavy (non-hydrogen) atoms. The van der Waals surface area contributed by atoms with Crippen molar-refractivity contribution in [1.29, 1.82) is 0 Å². The number of urea groups is 1. The van der Waals surface area contributed by atoms with E-state index in [1.165, 1.54) is 6.07 Å². The largest absolute Gasteiger partial charge is 0.478 e. The van der Waals surface area contributed by atoms with E-state index in [0.29, 0.717) is 11.5 Å². The predicted molar refractivity (Wildman–Crippen MR) is 77.2 cm³/mol. The van der Waals surface area contributed by atoms with Gasteiger partial charge >= 0.3 is 12.0 Å². The maximum Gasteiger partial charge on any atom is 0.339 e. The molecule has 1 fully saturated rings. The summed E-state index contributed by atoms with van der Waals surface area (Å²) in [6.07, 6.45) is 3.07. The number of nitrogens with one attached hydrogen (secondary N) is 2. The Morgan fingerprint density at radius 1 is 1.48 bits per heavy atom. The van der Waals surface area contributed by atoms with Gasteiger partial charge in [0.05, 0.1) is 6.54 Å². The Hall–Kier alpha value is -1.98. The summed E-state index contributed by atoms with van der Waals surface area (Å²) >= 11 is 0. The van der Waals surface area contributed by atoms with Crippen molar-refractivity contribution in [2.45, 2.75) is 52.6 Å². The van der Waals surface area contributed by atoms with Crippen LogP contribution in [0.15, 0.2) is 10.5 Å². The minimum absolute atomic E-state index is 0.129. The summed E-state index contributed by atoms with van der Waals surface area (Å²) in [4.78, 5) is 22.7. The smallest absolute Gasteiger partial charge is 0.339 e. The van der Waals surface area contributed by atoms with Crippen LogP contribution in [0.1, 0.15) is 55.0 Å². The average molecular weight is 294 g/mol. The molecule has 0 radical (unpaired) electrons. The molecule has 116 valence electrons. The number of aryl methyl sites for hydroxylation is 1. The fraction of sp³-hybridized carbons (Fsp3) is 0.600. The maximum atomic E-state index is 11.8. The highest BCUT2D eigenvalue weighted by molar-refractivity contribution is 5.88. The van der Waals surface area contributed by atoms with Crippen LogP contribution in [0.25, 0.3) is 0 Å². The van der Waals surface area contributed by atoms with Gasteiger partial charge < -0.3 is 20.2 Å². The maximum absolute atomic E-state index is 11.8. The minimum atomic E-state index is -1.03. The zero-order valence-corrected chi connectivity index (χ0v) is 12.7. The number of carboxylic acids is 1. The molecule has 1 saturated carbocycles. The summed E-state index contributed by atoms with van der Waals surface area (Å²) in [5.74, 6) is -0.246. The summed E-state index contributed by atoms with van der Waals surface area (Å²) in [5, 5.41) is 14.6. The third-order valence-electron chi connectivity index (χ3n) is 3.93. The number of carbonyl (C=O) groups is 2. The first-order valence-corrected chi connectivity index (χ1v) is 7.14. The Balaban J connectivity index is 1.82. The van der Waals surface area contributed by atoms with E-state index in [1.54, 1.807) is 6.92 Å². The molecule has 0 spiro atoms. The second kappa shape index (κ2) is 5.79. The predicted octanol–water partition coefficient (Wildman–Crippen LogP) is 2.66. The average Bonchev–Trinajstić information content (AvgIpc) is 2.90. The van der Waals surface area contributed by atoms with Crippen molar-refractivity contribution in [2.75, 3.05) is 0 Å². The first-order chi connectivity index (χ1) is 9.77. The summed E-state index contributed by atoms with van der Waals surface area (Å²) < 4.78 is 5.31. The number of hydrogen-bond acceptors (Lipinski definition) is 3.